The van der Waals surface area contributed by atoms with E-state index in [2.05, 4.69) is 81.3 Å². The third-order valence-electron chi connectivity index (χ3n) is 16.0. The van der Waals surface area contributed by atoms with E-state index in [4.69, 9.17) is 28.9 Å². The predicted molar refractivity (Wildman–Crippen MR) is 252 cm³/mol. The number of alkyl carbamates (subject to hydrolysis) is 2. The average molecular weight is 925 g/mol. The molecule has 0 radical (unpaired) electrons. The molecule has 16 nitrogen and oxygen atoms in total. The minimum atomic E-state index is -0.685. The van der Waals surface area contributed by atoms with Gasteiger partial charge in [0.25, 0.3) is 0 Å². The molecule has 6 fully saturated rings. The number of nitrogens with zero attached hydrogens (tertiary/aromatic N) is 4. The Labute approximate surface area is 395 Å². The van der Waals surface area contributed by atoms with Crippen LogP contribution in [0, 0.1) is 23.2 Å². The van der Waals surface area contributed by atoms with Gasteiger partial charge in [0, 0.05) is 44.6 Å². The van der Waals surface area contributed by atoms with Crippen LogP contribution in [-0.2, 0) is 28.5 Å². The van der Waals surface area contributed by atoms with Crippen molar-refractivity contribution >= 4 is 34.8 Å². The smallest absolute Gasteiger partial charge is 0.407 e. The Kier molecular flexibility index (Phi) is 11.9. The quantitative estimate of drug-likeness (QED) is 0.102. The summed E-state index contributed by atoms with van der Waals surface area (Å²) in [5.41, 5.74) is 6.07. The molecule has 4 saturated heterocycles. The molecular weight excluding hydrogens is 865 g/mol. The Balaban J connectivity index is 0.780. The summed E-state index contributed by atoms with van der Waals surface area (Å²) >= 11 is 0. The Bertz CT molecular complexity index is 2680. The standard InChI is InChI=1S/C52H60N8O8/c1-65-50(63)57-43(32-13-19-67-20-14-32)48(61)59-29-52(17-18-52)26-42(59)46-53-28-41(55-46)37-10-9-35-23-34(7-8-36(35)24-37)30-3-5-31(6-4-30)40-27-54-47(56-40)45-38-11-12-39(25-38)60(45)49(62)44(58-51(64)66-2)33-15-21-68-22-16-33/h3-10,23-24,27-28,32-33,38-39,42-45H,11-22,25-26,29H2,1-2H3,(H,53,55)(H,54,56)(H,57,63)(H,58,64)/t38?,39?,42-,43-,44-,45?/m0/s1. The van der Waals surface area contributed by atoms with Gasteiger partial charge in [-0.25, -0.2) is 19.6 Å². The zero-order valence-electron chi connectivity index (χ0n) is 38.7. The molecule has 16 heteroatoms. The van der Waals surface area contributed by atoms with Crippen LogP contribution in [0.4, 0.5) is 9.59 Å². The van der Waals surface area contributed by atoms with Crippen LogP contribution in [0.2, 0.25) is 0 Å². The van der Waals surface area contributed by atoms with Crippen molar-refractivity contribution in [2.45, 2.75) is 94.4 Å². The van der Waals surface area contributed by atoms with E-state index in [-0.39, 0.29) is 47.2 Å². The number of rotatable bonds is 11. The SMILES string of the molecule is COC(=O)N[C@H](C(=O)N1C2CCC(C2)C1c1ncc(-c2ccc(-c3ccc4cc(-c5cnc([C@@H]6CC7(CC7)CN6C(=O)[C@@H](NC(=O)OC)C6CCOCC6)[nH]5)ccc4c3)cc2)[nH]1)C1CCOCC1. The number of aromatic nitrogens is 4. The second-order valence-electron chi connectivity index (χ2n) is 19.9. The molecule has 11 rings (SSSR count). The first-order valence-electron chi connectivity index (χ1n) is 24.4. The van der Waals surface area contributed by atoms with Crippen molar-refractivity contribution in [1.82, 2.24) is 40.4 Å². The van der Waals surface area contributed by atoms with Gasteiger partial charge in [0.2, 0.25) is 11.8 Å². The second-order valence-corrected chi connectivity index (χ2v) is 19.9. The van der Waals surface area contributed by atoms with Crippen molar-refractivity contribution in [2.24, 2.45) is 23.2 Å². The number of amides is 4. The molecule has 3 aromatic carbocycles. The minimum Gasteiger partial charge on any atom is -0.453 e. The number of aromatic amines is 2. The third kappa shape index (κ3) is 8.50. The Morgan fingerprint density at radius 2 is 1.22 bits per heavy atom. The van der Waals surface area contributed by atoms with Gasteiger partial charge in [-0.3, -0.25) is 9.59 Å². The van der Waals surface area contributed by atoms with E-state index >= 15 is 0 Å². The molecule has 356 valence electrons. The zero-order chi connectivity index (χ0) is 46.5. The van der Waals surface area contributed by atoms with Crippen LogP contribution >= 0.6 is 0 Å². The van der Waals surface area contributed by atoms with E-state index < -0.39 is 24.3 Å². The molecule has 2 aliphatic carbocycles. The number of H-pyrrole nitrogens is 2. The number of carbonyl (C=O) groups is 4. The first kappa shape index (κ1) is 44.3. The van der Waals surface area contributed by atoms with E-state index in [1.807, 2.05) is 22.2 Å². The predicted octanol–water partition coefficient (Wildman–Crippen LogP) is 7.70. The van der Waals surface area contributed by atoms with Crippen LogP contribution in [0.25, 0.3) is 44.4 Å². The van der Waals surface area contributed by atoms with Gasteiger partial charge in [-0.2, -0.15) is 0 Å². The van der Waals surface area contributed by atoms with E-state index in [0.717, 1.165) is 94.6 Å². The first-order chi connectivity index (χ1) is 33.2. The van der Waals surface area contributed by atoms with Gasteiger partial charge in [0.1, 0.15) is 23.7 Å². The van der Waals surface area contributed by atoms with Crippen LogP contribution in [0.5, 0.6) is 0 Å². The largest absolute Gasteiger partial charge is 0.453 e. The van der Waals surface area contributed by atoms with Crippen LogP contribution in [0.15, 0.2) is 73.1 Å². The highest BCUT2D eigenvalue weighted by molar-refractivity contribution is 5.91. The molecule has 6 atom stereocenters. The van der Waals surface area contributed by atoms with Crippen molar-refractivity contribution in [1.29, 1.82) is 0 Å². The summed E-state index contributed by atoms with van der Waals surface area (Å²) in [4.78, 5) is 74.5. The van der Waals surface area contributed by atoms with Gasteiger partial charge in [-0.05, 0) is 127 Å². The molecular formula is C52H60N8O8. The topological polar surface area (TPSA) is 193 Å². The van der Waals surface area contributed by atoms with Gasteiger partial charge < -0.3 is 49.3 Å². The lowest BCUT2D eigenvalue weighted by molar-refractivity contribution is -0.140. The molecule has 2 aromatic heterocycles. The number of carbonyl (C=O) groups excluding carboxylic acids is 4. The molecule has 6 heterocycles. The molecule has 68 heavy (non-hydrogen) atoms. The van der Waals surface area contributed by atoms with Crippen LogP contribution < -0.4 is 10.6 Å². The molecule has 2 saturated carbocycles. The van der Waals surface area contributed by atoms with Crippen molar-refractivity contribution in [3.63, 3.8) is 0 Å². The number of benzene rings is 3. The highest BCUT2D eigenvalue weighted by Gasteiger charge is 2.56. The van der Waals surface area contributed by atoms with Crippen molar-refractivity contribution < 1.29 is 38.1 Å². The molecule has 4 N–H and O–H groups in total. The molecule has 5 aromatic rings. The monoisotopic (exact) mass is 924 g/mol. The Morgan fingerprint density at radius 3 is 1.85 bits per heavy atom. The minimum absolute atomic E-state index is 0.0249. The molecule has 4 amide bonds. The molecule has 4 aliphatic heterocycles. The molecule has 3 unspecified atom stereocenters. The third-order valence-corrected chi connectivity index (χ3v) is 16.0. The van der Waals surface area contributed by atoms with E-state index in [1.165, 1.54) is 14.2 Å². The Hall–Kier alpha value is -6.26. The number of nitrogens with one attached hydrogen (secondary N) is 4. The lowest BCUT2D eigenvalue weighted by atomic mass is 9.89. The highest BCUT2D eigenvalue weighted by Crippen LogP contribution is 2.58. The van der Waals surface area contributed by atoms with Crippen molar-refractivity contribution in [3.8, 4) is 33.6 Å². The fourth-order valence-corrected chi connectivity index (χ4v) is 12.0. The number of likely N-dealkylation sites (tertiary alicyclic amines) is 2. The number of hydrogen-bond acceptors (Lipinski definition) is 10. The maximum Gasteiger partial charge on any atom is 0.407 e. The maximum absolute atomic E-state index is 14.4. The fourth-order valence-electron chi connectivity index (χ4n) is 12.0. The van der Waals surface area contributed by atoms with Crippen molar-refractivity contribution in [2.75, 3.05) is 47.2 Å². The number of methoxy groups -OCH3 is 2. The van der Waals surface area contributed by atoms with Crippen LogP contribution in [-0.4, -0.2) is 119 Å². The molecule has 6 aliphatic rings. The summed E-state index contributed by atoms with van der Waals surface area (Å²) in [5.74, 6) is 1.64. The second kappa shape index (κ2) is 18.3. The van der Waals surface area contributed by atoms with Gasteiger partial charge >= 0.3 is 12.2 Å². The lowest BCUT2D eigenvalue weighted by Gasteiger charge is -2.39. The average Bonchev–Trinajstić information content (AvgIpc) is 4.03. The number of piperidine rings is 1. The zero-order valence-corrected chi connectivity index (χ0v) is 38.7. The summed E-state index contributed by atoms with van der Waals surface area (Å²) in [6.07, 6.45) is 11.2. The molecule has 1 spiro atoms. The van der Waals surface area contributed by atoms with Crippen LogP contribution in [0.3, 0.4) is 0 Å². The fraction of sp³-hybridized carbons (Fsp3) is 0.500. The van der Waals surface area contributed by atoms with Crippen molar-refractivity contribution in [3.05, 3.63) is 84.7 Å². The summed E-state index contributed by atoms with van der Waals surface area (Å²) in [6.45, 7) is 2.91. The maximum atomic E-state index is 14.4. The van der Waals surface area contributed by atoms with Gasteiger partial charge in [0.05, 0.1) is 50.1 Å². The first-order valence-corrected chi connectivity index (χ1v) is 24.4. The highest BCUT2D eigenvalue weighted by atomic mass is 16.5. The summed E-state index contributed by atoms with van der Waals surface area (Å²) < 4.78 is 21.0. The number of fused-ring (bicyclic) bond motifs is 3. The van der Waals surface area contributed by atoms with Gasteiger partial charge in [-0.15, -0.1) is 0 Å². The number of imidazole rings is 2. The van der Waals surface area contributed by atoms with Gasteiger partial charge in [0.15, 0.2) is 0 Å². The van der Waals surface area contributed by atoms with E-state index in [1.54, 1.807) is 0 Å². The lowest BCUT2D eigenvalue weighted by Crippen LogP contribution is -2.55. The summed E-state index contributed by atoms with van der Waals surface area (Å²) in [7, 11) is 2.65. The molecule has 2 bridgehead atoms. The Morgan fingerprint density at radius 1 is 0.676 bits per heavy atom. The number of ether oxygens (including phenoxy) is 4. The normalized spacial score (nSPS) is 24.3. The van der Waals surface area contributed by atoms with E-state index in [9.17, 15) is 19.2 Å². The summed E-state index contributed by atoms with van der Waals surface area (Å²) in [6, 6.07) is 19.7. The van der Waals surface area contributed by atoms with Gasteiger partial charge in [-0.1, -0.05) is 48.5 Å². The summed E-state index contributed by atoms with van der Waals surface area (Å²) in [5, 5.41) is 7.96. The van der Waals surface area contributed by atoms with E-state index in [0.29, 0.717) is 64.6 Å². The number of hydrogen-bond donors (Lipinski definition) is 4. The van der Waals surface area contributed by atoms with Crippen LogP contribution in [0.1, 0.15) is 87.9 Å².